The normalized spacial score (nSPS) is 13.6. The maximum Gasteiger partial charge on any atom is 0.357 e. The van der Waals surface area contributed by atoms with Crippen molar-refractivity contribution in [2.75, 3.05) is 13.7 Å². The molecule has 0 radical (unpaired) electrons. The van der Waals surface area contributed by atoms with Gasteiger partial charge in [-0.3, -0.25) is 0 Å². The van der Waals surface area contributed by atoms with Crippen LogP contribution in [-0.2, 0) is 4.74 Å². The van der Waals surface area contributed by atoms with E-state index >= 15 is 0 Å². The molecule has 0 saturated heterocycles. The van der Waals surface area contributed by atoms with Gasteiger partial charge >= 0.3 is 5.97 Å². The molecule has 0 fully saturated rings. The zero-order valence-electron chi connectivity index (χ0n) is 8.85. The zero-order valence-corrected chi connectivity index (χ0v) is 9.66. The fourth-order valence-corrected chi connectivity index (χ4v) is 1.84. The minimum atomic E-state index is -1.30. The van der Waals surface area contributed by atoms with Crippen LogP contribution in [0, 0.1) is 0 Å². The third kappa shape index (κ3) is 3.40. The SMILES string of the molecule is COC(=O)c1csc(C(O)C(O)CN=[N+]=[N-])n1. The van der Waals surface area contributed by atoms with E-state index in [9.17, 15) is 15.0 Å². The van der Waals surface area contributed by atoms with E-state index < -0.39 is 18.2 Å². The monoisotopic (exact) mass is 258 g/mol. The lowest BCUT2D eigenvalue weighted by Crippen LogP contribution is -2.21. The predicted octanol–water partition coefficient (Wildman–Crippen LogP) is 0.634. The van der Waals surface area contributed by atoms with Crippen molar-refractivity contribution in [1.29, 1.82) is 0 Å². The summed E-state index contributed by atoms with van der Waals surface area (Å²) in [7, 11) is 1.22. The number of esters is 1. The Morgan fingerprint density at radius 1 is 1.76 bits per heavy atom. The molecule has 1 aromatic rings. The number of carbonyl (C=O) groups excluding carboxylic acids is 1. The number of hydrogen-bond donors (Lipinski definition) is 2. The Hall–Kier alpha value is -1.67. The Balaban J connectivity index is 2.75. The maximum absolute atomic E-state index is 11.1. The smallest absolute Gasteiger partial charge is 0.357 e. The Morgan fingerprint density at radius 2 is 2.47 bits per heavy atom. The van der Waals surface area contributed by atoms with Crippen molar-refractivity contribution in [3.05, 3.63) is 26.5 Å². The highest BCUT2D eigenvalue weighted by molar-refractivity contribution is 7.09. The van der Waals surface area contributed by atoms with Crippen molar-refractivity contribution in [1.82, 2.24) is 4.98 Å². The zero-order chi connectivity index (χ0) is 12.8. The molecule has 2 atom stereocenters. The standard InChI is InChI=1S/C8H10N4O4S/c1-16-8(15)4-3-17-7(11-4)6(14)5(13)2-10-12-9/h3,5-6,13-14H,2H2,1H3. The van der Waals surface area contributed by atoms with Gasteiger partial charge in [0.1, 0.15) is 11.1 Å². The Kier molecular flexibility index (Phi) is 4.85. The van der Waals surface area contributed by atoms with E-state index in [2.05, 4.69) is 19.7 Å². The van der Waals surface area contributed by atoms with E-state index in [1.165, 1.54) is 12.5 Å². The first kappa shape index (κ1) is 13.4. The molecule has 0 amide bonds. The quantitative estimate of drug-likeness (QED) is 0.346. The van der Waals surface area contributed by atoms with Crippen LogP contribution < -0.4 is 0 Å². The van der Waals surface area contributed by atoms with Crippen LogP contribution in [0.3, 0.4) is 0 Å². The van der Waals surface area contributed by atoms with Gasteiger partial charge in [0.25, 0.3) is 0 Å². The van der Waals surface area contributed by atoms with E-state index in [1.807, 2.05) is 0 Å². The average molecular weight is 258 g/mol. The second kappa shape index (κ2) is 6.16. The number of methoxy groups -OCH3 is 1. The molecule has 0 aliphatic carbocycles. The largest absolute Gasteiger partial charge is 0.464 e. The van der Waals surface area contributed by atoms with Gasteiger partial charge < -0.3 is 14.9 Å². The number of carbonyl (C=O) groups is 1. The molecule has 0 aliphatic heterocycles. The third-order valence-corrected chi connectivity index (χ3v) is 2.78. The lowest BCUT2D eigenvalue weighted by Gasteiger charge is -2.12. The maximum atomic E-state index is 11.1. The number of azide groups is 1. The molecule has 2 unspecified atom stereocenters. The van der Waals surface area contributed by atoms with Crippen LogP contribution in [0.4, 0.5) is 0 Å². The molecular weight excluding hydrogens is 248 g/mol. The summed E-state index contributed by atoms with van der Waals surface area (Å²) in [6.07, 6.45) is -2.56. The summed E-state index contributed by atoms with van der Waals surface area (Å²) >= 11 is 1.01. The molecule has 8 nitrogen and oxygen atoms in total. The van der Waals surface area contributed by atoms with Gasteiger partial charge in [0.15, 0.2) is 5.69 Å². The molecule has 1 heterocycles. The fraction of sp³-hybridized carbons (Fsp3) is 0.500. The van der Waals surface area contributed by atoms with Crippen LogP contribution in [0.15, 0.2) is 10.5 Å². The van der Waals surface area contributed by atoms with Crippen molar-refractivity contribution in [2.45, 2.75) is 12.2 Å². The van der Waals surface area contributed by atoms with Gasteiger partial charge in [-0.2, -0.15) is 0 Å². The van der Waals surface area contributed by atoms with Crippen LogP contribution in [0.2, 0.25) is 0 Å². The van der Waals surface area contributed by atoms with Crippen molar-refractivity contribution in [3.8, 4) is 0 Å². The first-order chi connectivity index (χ1) is 8.10. The third-order valence-electron chi connectivity index (χ3n) is 1.87. The second-order valence-corrected chi connectivity index (χ2v) is 3.88. The van der Waals surface area contributed by atoms with Crippen LogP contribution in [0.25, 0.3) is 10.4 Å². The fourth-order valence-electron chi connectivity index (χ4n) is 1.01. The number of ether oxygens (including phenoxy) is 1. The van der Waals surface area contributed by atoms with Gasteiger partial charge in [-0.25, -0.2) is 9.78 Å². The van der Waals surface area contributed by atoms with Crippen molar-refractivity contribution in [3.63, 3.8) is 0 Å². The number of aliphatic hydroxyl groups is 2. The summed E-state index contributed by atoms with van der Waals surface area (Å²) < 4.78 is 4.45. The number of hydrogen-bond acceptors (Lipinski definition) is 7. The molecule has 0 aromatic carbocycles. The molecular formula is C8H10N4O4S. The van der Waals surface area contributed by atoms with Gasteiger partial charge in [-0.1, -0.05) is 5.11 Å². The first-order valence-corrected chi connectivity index (χ1v) is 5.38. The molecule has 2 N–H and O–H groups in total. The van der Waals surface area contributed by atoms with E-state index in [4.69, 9.17) is 5.53 Å². The summed E-state index contributed by atoms with van der Waals surface area (Å²) in [5.41, 5.74) is 8.13. The molecule has 1 rings (SSSR count). The minimum absolute atomic E-state index is 0.0579. The lowest BCUT2D eigenvalue weighted by molar-refractivity contribution is 0.0240. The van der Waals surface area contributed by atoms with E-state index in [1.54, 1.807) is 0 Å². The van der Waals surface area contributed by atoms with Gasteiger partial charge in [0.05, 0.1) is 19.8 Å². The molecule has 1 aromatic heterocycles. The van der Waals surface area contributed by atoms with Gasteiger partial charge in [0.2, 0.25) is 0 Å². The number of thiazole rings is 1. The van der Waals surface area contributed by atoms with E-state index in [0.29, 0.717) is 0 Å². The van der Waals surface area contributed by atoms with Crippen molar-refractivity contribution < 1.29 is 19.7 Å². The molecule has 92 valence electrons. The van der Waals surface area contributed by atoms with Crippen molar-refractivity contribution in [2.24, 2.45) is 5.11 Å². The minimum Gasteiger partial charge on any atom is -0.464 e. The Labute approximate surface area is 100 Å². The molecule has 0 saturated carbocycles. The van der Waals surface area contributed by atoms with Crippen LogP contribution in [0.1, 0.15) is 21.6 Å². The Morgan fingerprint density at radius 3 is 3.06 bits per heavy atom. The lowest BCUT2D eigenvalue weighted by atomic mass is 10.2. The first-order valence-electron chi connectivity index (χ1n) is 4.51. The molecule has 0 aliphatic rings. The summed E-state index contributed by atoms with van der Waals surface area (Å²) in [6.45, 7) is -0.273. The average Bonchev–Trinajstić information content (AvgIpc) is 2.83. The summed E-state index contributed by atoms with van der Waals surface area (Å²) in [5, 5.41) is 23.8. The molecule has 0 spiro atoms. The molecule has 9 heteroatoms. The van der Waals surface area contributed by atoms with Crippen LogP contribution in [0.5, 0.6) is 0 Å². The summed E-state index contributed by atoms with van der Waals surface area (Å²) in [5.74, 6) is -0.621. The highest BCUT2D eigenvalue weighted by Gasteiger charge is 2.22. The summed E-state index contributed by atoms with van der Waals surface area (Å²) in [6, 6.07) is 0. The Bertz CT molecular complexity index is 442. The summed E-state index contributed by atoms with van der Waals surface area (Å²) in [4.78, 5) is 17.4. The highest BCUT2D eigenvalue weighted by atomic mass is 32.1. The number of nitrogens with zero attached hydrogens (tertiary/aromatic N) is 4. The van der Waals surface area contributed by atoms with Crippen molar-refractivity contribution >= 4 is 17.3 Å². The number of aromatic nitrogens is 1. The van der Waals surface area contributed by atoms with Crippen LogP contribution in [-0.4, -0.2) is 40.9 Å². The topological polar surface area (TPSA) is 128 Å². The van der Waals surface area contributed by atoms with Crippen LogP contribution >= 0.6 is 11.3 Å². The van der Waals surface area contributed by atoms with Gasteiger partial charge in [-0.05, 0) is 5.53 Å². The van der Waals surface area contributed by atoms with Gasteiger partial charge in [-0.15, -0.1) is 11.3 Å². The molecule has 17 heavy (non-hydrogen) atoms. The number of aliphatic hydroxyl groups excluding tert-OH is 2. The second-order valence-electron chi connectivity index (χ2n) is 2.99. The highest BCUT2D eigenvalue weighted by Crippen LogP contribution is 2.21. The van der Waals surface area contributed by atoms with Gasteiger partial charge in [0, 0.05) is 10.3 Å². The van der Waals surface area contributed by atoms with E-state index in [-0.39, 0.29) is 17.2 Å². The predicted molar refractivity (Wildman–Crippen MR) is 58.4 cm³/mol. The van der Waals surface area contributed by atoms with E-state index in [0.717, 1.165) is 11.3 Å². The number of rotatable bonds is 5. The molecule has 0 bridgehead atoms.